The van der Waals surface area contributed by atoms with Crippen molar-refractivity contribution in [3.05, 3.63) is 52.0 Å². The van der Waals surface area contributed by atoms with E-state index in [1.54, 1.807) is 11.3 Å². The molecule has 1 fully saturated rings. The first-order chi connectivity index (χ1) is 12.6. The van der Waals surface area contributed by atoms with Gasteiger partial charge in [-0.2, -0.15) is 0 Å². The van der Waals surface area contributed by atoms with Gasteiger partial charge in [0.2, 0.25) is 0 Å². The quantitative estimate of drug-likeness (QED) is 0.670. The Bertz CT molecular complexity index is 698. The van der Waals surface area contributed by atoms with Crippen LogP contribution in [0.15, 0.2) is 36.5 Å². The predicted molar refractivity (Wildman–Crippen MR) is 104 cm³/mol. The van der Waals surface area contributed by atoms with E-state index in [1.807, 2.05) is 19.2 Å². The molecule has 0 unspecified atom stereocenters. The Morgan fingerprint density at radius 2 is 2.08 bits per heavy atom. The molecule has 0 radical (unpaired) electrons. The van der Waals surface area contributed by atoms with E-state index >= 15 is 0 Å². The number of aliphatic carboxylic acids is 1. The number of aryl methyl sites for hydroxylation is 2. The molecule has 26 heavy (non-hydrogen) atoms. The zero-order chi connectivity index (χ0) is 18.4. The molecule has 1 aromatic heterocycles. The van der Waals surface area contributed by atoms with Gasteiger partial charge >= 0.3 is 5.97 Å². The van der Waals surface area contributed by atoms with Crippen molar-refractivity contribution in [2.45, 2.75) is 51.2 Å². The summed E-state index contributed by atoms with van der Waals surface area (Å²) in [7, 11) is 0. The first-order valence-electron chi connectivity index (χ1n) is 9.30. The van der Waals surface area contributed by atoms with Crippen molar-refractivity contribution in [1.82, 2.24) is 15.2 Å². The Balaban J connectivity index is 1.37. The van der Waals surface area contributed by atoms with Crippen LogP contribution in [0.5, 0.6) is 0 Å². The highest BCUT2D eigenvalue weighted by Gasteiger charge is 2.33. The molecule has 0 amide bonds. The zero-order valence-corrected chi connectivity index (χ0v) is 16.0. The van der Waals surface area contributed by atoms with E-state index in [4.69, 9.17) is 5.11 Å². The number of carboxylic acids is 1. The molecule has 140 valence electrons. The minimum atomic E-state index is -0.740. The minimum absolute atomic E-state index is 0.146. The van der Waals surface area contributed by atoms with Crippen molar-refractivity contribution in [2.24, 2.45) is 0 Å². The Hall–Kier alpha value is -1.76. The molecule has 2 aromatic rings. The molecule has 0 spiro atoms. The predicted octanol–water partition coefficient (Wildman–Crippen LogP) is 2.96. The largest absolute Gasteiger partial charge is 0.480 e. The average molecular weight is 374 g/mol. The van der Waals surface area contributed by atoms with E-state index in [0.29, 0.717) is 12.1 Å². The summed E-state index contributed by atoms with van der Waals surface area (Å²) < 4.78 is 0. The van der Waals surface area contributed by atoms with Crippen LogP contribution >= 0.6 is 11.3 Å². The summed E-state index contributed by atoms with van der Waals surface area (Å²) in [6.45, 7) is 3.82. The first-order valence-corrected chi connectivity index (χ1v) is 10.1. The first kappa shape index (κ1) is 19.0. The lowest BCUT2D eigenvalue weighted by Gasteiger charge is -2.42. The Kier molecular flexibility index (Phi) is 6.77. The SMILES string of the molecule is CCN(CC(=O)O)C1CC(NCc2cnc(CCc3ccccc3)s2)C1. The summed E-state index contributed by atoms with van der Waals surface area (Å²) in [5.74, 6) is -0.740. The van der Waals surface area contributed by atoms with Crippen LogP contribution in [0, 0.1) is 0 Å². The molecular weight excluding hydrogens is 346 g/mol. The van der Waals surface area contributed by atoms with Gasteiger partial charge in [0.05, 0.1) is 11.6 Å². The van der Waals surface area contributed by atoms with E-state index in [2.05, 4.69) is 39.5 Å². The molecule has 1 aromatic carbocycles. The molecule has 0 bridgehead atoms. The van der Waals surface area contributed by atoms with Gasteiger partial charge in [0.25, 0.3) is 0 Å². The van der Waals surface area contributed by atoms with Gasteiger partial charge in [0.1, 0.15) is 0 Å². The smallest absolute Gasteiger partial charge is 0.317 e. The number of nitrogens with zero attached hydrogens (tertiary/aromatic N) is 2. The van der Waals surface area contributed by atoms with Crippen molar-refractivity contribution in [2.75, 3.05) is 13.1 Å². The Morgan fingerprint density at radius 3 is 2.77 bits per heavy atom. The number of carboxylic acid groups (broad SMARTS) is 1. The average Bonchev–Trinajstić information content (AvgIpc) is 3.06. The standard InChI is InChI=1S/C20H27N3O2S/c1-2-23(14-20(24)25)17-10-16(11-17)21-12-18-13-22-19(26-18)9-8-15-6-4-3-5-7-15/h3-7,13,16-17,21H,2,8-12,14H2,1H3,(H,24,25). The molecule has 0 aliphatic heterocycles. The fourth-order valence-electron chi connectivity index (χ4n) is 3.41. The fraction of sp³-hybridized carbons (Fsp3) is 0.500. The van der Waals surface area contributed by atoms with Crippen LogP contribution in [-0.4, -0.2) is 46.1 Å². The summed E-state index contributed by atoms with van der Waals surface area (Å²) in [5.41, 5.74) is 1.35. The molecule has 1 saturated carbocycles. The topological polar surface area (TPSA) is 65.5 Å². The number of hydrogen-bond donors (Lipinski definition) is 2. The monoisotopic (exact) mass is 373 g/mol. The Labute approximate surface area is 159 Å². The van der Waals surface area contributed by atoms with E-state index in [0.717, 1.165) is 38.8 Å². The fourth-order valence-corrected chi connectivity index (χ4v) is 4.28. The summed E-state index contributed by atoms with van der Waals surface area (Å²) in [4.78, 5) is 18.8. The number of carbonyl (C=O) groups is 1. The molecular formula is C20H27N3O2S. The third-order valence-electron chi connectivity index (χ3n) is 5.01. The molecule has 5 nitrogen and oxygen atoms in total. The van der Waals surface area contributed by atoms with Gasteiger partial charge in [-0.05, 0) is 31.4 Å². The second kappa shape index (κ2) is 9.26. The molecule has 1 aliphatic carbocycles. The molecule has 0 atom stereocenters. The van der Waals surface area contributed by atoms with Crippen molar-refractivity contribution >= 4 is 17.3 Å². The van der Waals surface area contributed by atoms with Gasteiger partial charge in [0, 0.05) is 36.1 Å². The summed E-state index contributed by atoms with van der Waals surface area (Å²) in [6, 6.07) is 11.4. The molecule has 2 N–H and O–H groups in total. The normalized spacial score (nSPS) is 19.5. The highest BCUT2D eigenvalue weighted by molar-refractivity contribution is 7.11. The van der Waals surface area contributed by atoms with E-state index in [9.17, 15) is 4.79 Å². The van der Waals surface area contributed by atoms with Crippen molar-refractivity contribution in [3.8, 4) is 0 Å². The lowest BCUT2D eigenvalue weighted by Crippen LogP contribution is -2.53. The van der Waals surface area contributed by atoms with Gasteiger partial charge in [-0.15, -0.1) is 11.3 Å². The lowest BCUT2D eigenvalue weighted by atomic mass is 9.85. The zero-order valence-electron chi connectivity index (χ0n) is 15.2. The van der Waals surface area contributed by atoms with Gasteiger partial charge < -0.3 is 10.4 Å². The maximum atomic E-state index is 10.9. The molecule has 3 rings (SSSR count). The van der Waals surface area contributed by atoms with Gasteiger partial charge in [-0.3, -0.25) is 9.69 Å². The second-order valence-corrected chi connectivity index (χ2v) is 8.07. The number of nitrogens with one attached hydrogen (secondary N) is 1. The van der Waals surface area contributed by atoms with E-state index in [1.165, 1.54) is 15.4 Å². The molecule has 6 heteroatoms. The minimum Gasteiger partial charge on any atom is -0.480 e. The van der Waals surface area contributed by atoms with Crippen LogP contribution in [0.2, 0.25) is 0 Å². The van der Waals surface area contributed by atoms with Crippen LogP contribution in [0.3, 0.4) is 0 Å². The van der Waals surface area contributed by atoms with Gasteiger partial charge in [0.15, 0.2) is 0 Å². The highest BCUT2D eigenvalue weighted by atomic mass is 32.1. The van der Waals surface area contributed by atoms with Crippen molar-refractivity contribution in [1.29, 1.82) is 0 Å². The maximum Gasteiger partial charge on any atom is 0.317 e. The Morgan fingerprint density at radius 1 is 1.31 bits per heavy atom. The maximum absolute atomic E-state index is 10.9. The number of rotatable bonds is 10. The number of likely N-dealkylation sites (N-methyl/N-ethyl adjacent to an activating group) is 1. The third kappa shape index (κ3) is 5.37. The number of benzene rings is 1. The van der Waals surface area contributed by atoms with Gasteiger partial charge in [-0.1, -0.05) is 37.3 Å². The van der Waals surface area contributed by atoms with Gasteiger partial charge in [-0.25, -0.2) is 4.98 Å². The molecule has 0 saturated heterocycles. The van der Waals surface area contributed by atoms with Crippen LogP contribution in [0.1, 0.15) is 35.2 Å². The summed E-state index contributed by atoms with van der Waals surface area (Å²) >= 11 is 1.79. The number of hydrogen-bond acceptors (Lipinski definition) is 5. The lowest BCUT2D eigenvalue weighted by molar-refractivity contribution is -0.139. The van der Waals surface area contributed by atoms with Crippen LogP contribution < -0.4 is 5.32 Å². The summed E-state index contributed by atoms with van der Waals surface area (Å²) in [6.07, 6.45) is 6.06. The highest BCUT2D eigenvalue weighted by Crippen LogP contribution is 2.26. The summed E-state index contributed by atoms with van der Waals surface area (Å²) in [5, 5.41) is 13.7. The van der Waals surface area contributed by atoms with E-state index in [-0.39, 0.29) is 6.54 Å². The number of thiazole rings is 1. The number of aromatic nitrogens is 1. The van der Waals surface area contributed by atoms with Crippen molar-refractivity contribution < 1.29 is 9.90 Å². The van der Waals surface area contributed by atoms with Crippen LogP contribution in [-0.2, 0) is 24.2 Å². The molecule has 1 heterocycles. The van der Waals surface area contributed by atoms with E-state index < -0.39 is 5.97 Å². The second-order valence-electron chi connectivity index (χ2n) is 6.87. The van der Waals surface area contributed by atoms with Crippen LogP contribution in [0.25, 0.3) is 0 Å². The van der Waals surface area contributed by atoms with Crippen molar-refractivity contribution in [3.63, 3.8) is 0 Å². The molecule has 1 aliphatic rings. The third-order valence-corrected chi connectivity index (χ3v) is 6.07. The van der Waals surface area contributed by atoms with Crippen LogP contribution in [0.4, 0.5) is 0 Å².